The fourth-order valence-corrected chi connectivity index (χ4v) is 1.70. The molecule has 0 aromatic carbocycles. The van der Waals surface area contributed by atoms with Gasteiger partial charge >= 0.3 is 0 Å². The summed E-state index contributed by atoms with van der Waals surface area (Å²) in [5.74, 6) is 0. The summed E-state index contributed by atoms with van der Waals surface area (Å²) in [7, 11) is 0. The Balaban J connectivity index is 3.10. The van der Waals surface area contributed by atoms with Crippen LogP contribution in [0.5, 0.6) is 0 Å². The van der Waals surface area contributed by atoms with Gasteiger partial charge in [0.05, 0.1) is 0 Å². The first-order valence-electron chi connectivity index (χ1n) is 4.08. The van der Waals surface area contributed by atoms with Crippen LogP contribution in [0, 0.1) is 5.41 Å². The molecule has 0 spiro atoms. The highest BCUT2D eigenvalue weighted by molar-refractivity contribution is 5.38. The number of allylic oxidation sites excluding steroid dienone is 5. The molecule has 0 heteroatoms. The van der Waals surface area contributed by atoms with E-state index in [0.29, 0.717) is 5.41 Å². The van der Waals surface area contributed by atoms with Gasteiger partial charge in [-0.05, 0) is 29.9 Å². The molecule has 0 fully saturated rings. The minimum absolute atomic E-state index is 0.292. The molecule has 0 heterocycles. The van der Waals surface area contributed by atoms with Crippen LogP contribution >= 0.6 is 0 Å². The summed E-state index contributed by atoms with van der Waals surface area (Å²) in [6.07, 6.45) is 7.54. The average molecular weight is 148 g/mol. The maximum atomic E-state index is 3.84. The Hall–Kier alpha value is -0.780. The van der Waals surface area contributed by atoms with E-state index in [2.05, 4.69) is 39.5 Å². The zero-order chi connectivity index (χ0) is 8.48. The largest absolute Gasteiger partial charge is 0.0988 e. The molecular weight excluding hydrogens is 132 g/mol. The van der Waals surface area contributed by atoms with Crippen molar-refractivity contribution >= 4 is 0 Å². The van der Waals surface area contributed by atoms with Crippen molar-refractivity contribution in [2.75, 3.05) is 0 Å². The molecular formula is C11H16. The van der Waals surface area contributed by atoms with Crippen molar-refractivity contribution in [2.45, 2.75) is 27.2 Å². The van der Waals surface area contributed by atoms with Crippen LogP contribution in [0.15, 0.2) is 36.0 Å². The standard InChI is InChI=1S/C11H16/c1-5-10-9(2)7-6-8-11(10,3)4/h5-7H,1,8H2,2-4H3. The van der Waals surface area contributed by atoms with Crippen LogP contribution in [0.1, 0.15) is 27.2 Å². The molecule has 0 saturated heterocycles. The Kier molecular flexibility index (Phi) is 2.03. The Morgan fingerprint density at radius 1 is 1.55 bits per heavy atom. The van der Waals surface area contributed by atoms with Crippen molar-refractivity contribution in [1.82, 2.24) is 0 Å². The first kappa shape index (κ1) is 8.32. The zero-order valence-electron chi connectivity index (χ0n) is 7.65. The molecule has 0 aliphatic heterocycles. The molecule has 1 aliphatic rings. The van der Waals surface area contributed by atoms with E-state index in [0.717, 1.165) is 6.42 Å². The highest BCUT2D eigenvalue weighted by Gasteiger charge is 2.23. The van der Waals surface area contributed by atoms with Crippen molar-refractivity contribution in [1.29, 1.82) is 0 Å². The SMILES string of the molecule is C=CC1=C(C)C=CCC1(C)C. The van der Waals surface area contributed by atoms with E-state index in [-0.39, 0.29) is 0 Å². The summed E-state index contributed by atoms with van der Waals surface area (Å²) in [6, 6.07) is 0. The predicted octanol–water partition coefficient (Wildman–Crippen LogP) is 3.48. The third-order valence-electron chi connectivity index (χ3n) is 2.35. The quantitative estimate of drug-likeness (QED) is 0.534. The molecule has 0 bridgehead atoms. The summed E-state index contributed by atoms with van der Waals surface area (Å²) < 4.78 is 0. The van der Waals surface area contributed by atoms with Crippen LogP contribution in [0.25, 0.3) is 0 Å². The summed E-state index contributed by atoms with van der Waals surface area (Å²) >= 11 is 0. The molecule has 0 nitrogen and oxygen atoms in total. The molecule has 1 aliphatic carbocycles. The first-order valence-corrected chi connectivity index (χ1v) is 4.08. The van der Waals surface area contributed by atoms with E-state index in [9.17, 15) is 0 Å². The van der Waals surface area contributed by atoms with Gasteiger partial charge in [-0.25, -0.2) is 0 Å². The Morgan fingerprint density at radius 3 is 2.55 bits per heavy atom. The van der Waals surface area contributed by atoms with Gasteiger partial charge < -0.3 is 0 Å². The maximum Gasteiger partial charge on any atom is -0.00666 e. The van der Waals surface area contributed by atoms with Crippen molar-refractivity contribution in [3.05, 3.63) is 36.0 Å². The normalized spacial score (nSPS) is 22.1. The minimum atomic E-state index is 0.292. The van der Waals surface area contributed by atoms with Crippen LogP contribution in [-0.4, -0.2) is 0 Å². The molecule has 11 heavy (non-hydrogen) atoms. The fraction of sp³-hybridized carbons (Fsp3) is 0.455. The topological polar surface area (TPSA) is 0 Å². The molecule has 0 aromatic heterocycles. The van der Waals surface area contributed by atoms with Gasteiger partial charge in [-0.15, -0.1) is 0 Å². The smallest absolute Gasteiger partial charge is 0.00666 e. The molecule has 0 radical (unpaired) electrons. The van der Waals surface area contributed by atoms with E-state index in [1.807, 2.05) is 6.08 Å². The number of hydrogen-bond donors (Lipinski definition) is 0. The fourth-order valence-electron chi connectivity index (χ4n) is 1.70. The minimum Gasteiger partial charge on any atom is -0.0988 e. The van der Waals surface area contributed by atoms with Crippen LogP contribution in [0.3, 0.4) is 0 Å². The Bertz CT molecular complexity index is 226. The monoisotopic (exact) mass is 148 g/mol. The van der Waals surface area contributed by atoms with Crippen LogP contribution in [-0.2, 0) is 0 Å². The molecule has 0 saturated carbocycles. The van der Waals surface area contributed by atoms with E-state index in [1.54, 1.807) is 0 Å². The highest BCUT2D eigenvalue weighted by Crippen LogP contribution is 2.36. The third-order valence-corrected chi connectivity index (χ3v) is 2.35. The van der Waals surface area contributed by atoms with Gasteiger partial charge in [0, 0.05) is 0 Å². The molecule has 0 unspecified atom stereocenters. The first-order chi connectivity index (χ1) is 5.08. The van der Waals surface area contributed by atoms with Gasteiger partial charge in [-0.2, -0.15) is 0 Å². The molecule has 0 atom stereocenters. The second-order valence-electron chi connectivity index (χ2n) is 3.79. The molecule has 0 amide bonds. The summed E-state index contributed by atoms with van der Waals surface area (Å²) in [5.41, 5.74) is 3.04. The van der Waals surface area contributed by atoms with E-state index in [4.69, 9.17) is 0 Å². The van der Waals surface area contributed by atoms with E-state index in [1.165, 1.54) is 11.1 Å². The van der Waals surface area contributed by atoms with Crippen LogP contribution < -0.4 is 0 Å². The molecule has 1 rings (SSSR count). The summed E-state index contributed by atoms with van der Waals surface area (Å²) in [4.78, 5) is 0. The van der Waals surface area contributed by atoms with E-state index >= 15 is 0 Å². The van der Waals surface area contributed by atoms with E-state index < -0.39 is 0 Å². The van der Waals surface area contributed by atoms with Gasteiger partial charge in [-0.1, -0.05) is 38.7 Å². The zero-order valence-corrected chi connectivity index (χ0v) is 7.65. The predicted molar refractivity (Wildman–Crippen MR) is 50.4 cm³/mol. The lowest BCUT2D eigenvalue weighted by Crippen LogP contribution is -2.16. The second-order valence-corrected chi connectivity index (χ2v) is 3.79. The Morgan fingerprint density at radius 2 is 2.18 bits per heavy atom. The summed E-state index contributed by atoms with van der Waals surface area (Å²) in [6.45, 7) is 10.5. The van der Waals surface area contributed by atoms with Crippen molar-refractivity contribution in [3.63, 3.8) is 0 Å². The lowest BCUT2D eigenvalue weighted by atomic mass is 9.76. The molecule has 60 valence electrons. The van der Waals surface area contributed by atoms with Crippen molar-refractivity contribution in [3.8, 4) is 0 Å². The van der Waals surface area contributed by atoms with Gasteiger partial charge in [0.2, 0.25) is 0 Å². The summed E-state index contributed by atoms with van der Waals surface area (Å²) in [5, 5.41) is 0. The number of rotatable bonds is 1. The Labute approximate surface area is 69.3 Å². The van der Waals surface area contributed by atoms with Gasteiger partial charge in [0.15, 0.2) is 0 Å². The third kappa shape index (κ3) is 1.45. The van der Waals surface area contributed by atoms with Crippen molar-refractivity contribution in [2.24, 2.45) is 5.41 Å². The van der Waals surface area contributed by atoms with Crippen LogP contribution in [0.4, 0.5) is 0 Å². The maximum absolute atomic E-state index is 3.84. The molecule has 0 aromatic rings. The lowest BCUT2D eigenvalue weighted by molar-refractivity contribution is 0.456. The number of hydrogen-bond acceptors (Lipinski definition) is 0. The van der Waals surface area contributed by atoms with Gasteiger partial charge in [0.25, 0.3) is 0 Å². The van der Waals surface area contributed by atoms with Gasteiger partial charge in [0.1, 0.15) is 0 Å². The molecule has 0 N–H and O–H groups in total. The highest BCUT2D eigenvalue weighted by atomic mass is 14.3. The average Bonchev–Trinajstić information content (AvgIpc) is 1.86. The van der Waals surface area contributed by atoms with Gasteiger partial charge in [-0.3, -0.25) is 0 Å². The van der Waals surface area contributed by atoms with Crippen LogP contribution in [0.2, 0.25) is 0 Å². The van der Waals surface area contributed by atoms with Crippen molar-refractivity contribution < 1.29 is 0 Å². The second kappa shape index (κ2) is 2.69. The lowest BCUT2D eigenvalue weighted by Gasteiger charge is -2.29.